The Morgan fingerprint density at radius 1 is 0.842 bits per heavy atom. The molecule has 0 aliphatic carbocycles. The van der Waals surface area contributed by atoms with Gasteiger partial charge in [0.2, 0.25) is 0 Å². The normalized spacial score (nSPS) is 15.2. The Labute approximate surface area is 115 Å². The van der Waals surface area contributed by atoms with Crippen LogP contribution in [0.2, 0.25) is 0 Å². The molecule has 0 fully saturated rings. The molecule has 0 radical (unpaired) electrons. The van der Waals surface area contributed by atoms with Crippen LogP contribution in [-0.2, 0) is 4.74 Å². The first-order valence-corrected chi connectivity index (χ1v) is 6.52. The van der Waals surface area contributed by atoms with Crippen molar-refractivity contribution in [3.05, 3.63) is 0 Å². The predicted octanol–water partition coefficient (Wildman–Crippen LogP) is -2.43. The van der Waals surface area contributed by atoms with Crippen molar-refractivity contribution < 1.29 is 25.2 Å². The molecular formula is C12H28N2O5. The van der Waals surface area contributed by atoms with E-state index in [9.17, 15) is 10.2 Å². The molecule has 7 nitrogen and oxygen atoms in total. The van der Waals surface area contributed by atoms with Gasteiger partial charge in [0.15, 0.2) is 0 Å². The van der Waals surface area contributed by atoms with E-state index in [1.165, 1.54) is 0 Å². The van der Waals surface area contributed by atoms with Gasteiger partial charge in [-0.2, -0.15) is 0 Å². The number of nitrogens with zero attached hydrogens (tertiary/aromatic N) is 2. The molecule has 0 bridgehead atoms. The van der Waals surface area contributed by atoms with Crippen LogP contribution in [0.4, 0.5) is 0 Å². The summed E-state index contributed by atoms with van der Waals surface area (Å²) < 4.78 is 5.24. The number of ether oxygens (including phenoxy) is 1. The molecule has 0 aromatic heterocycles. The molecule has 0 aliphatic rings. The predicted molar refractivity (Wildman–Crippen MR) is 72.0 cm³/mol. The van der Waals surface area contributed by atoms with Crippen molar-refractivity contribution in [1.82, 2.24) is 9.80 Å². The molecule has 0 aliphatic heterocycles. The van der Waals surface area contributed by atoms with E-state index in [1.54, 1.807) is 23.9 Å². The van der Waals surface area contributed by atoms with Crippen LogP contribution in [0.25, 0.3) is 0 Å². The van der Waals surface area contributed by atoms with E-state index in [4.69, 9.17) is 14.9 Å². The Hall–Kier alpha value is -0.280. The second kappa shape index (κ2) is 11.5. The maximum atomic E-state index is 9.65. The molecule has 2 atom stereocenters. The third kappa shape index (κ3) is 11.3. The second-order valence-electron chi connectivity index (χ2n) is 4.82. The molecule has 0 rings (SSSR count). The number of likely N-dealkylation sites (N-methyl/N-ethyl adjacent to an activating group) is 2. The lowest BCUT2D eigenvalue weighted by molar-refractivity contribution is -0.0235. The lowest BCUT2D eigenvalue weighted by Crippen LogP contribution is -2.36. The lowest BCUT2D eigenvalue weighted by atomic mass is 10.3. The highest BCUT2D eigenvalue weighted by molar-refractivity contribution is 4.63. The molecule has 7 heteroatoms. The molecular weight excluding hydrogens is 252 g/mol. The first kappa shape index (κ1) is 18.7. The SMILES string of the molecule is CN(CCO)CC(O)COCC(O)CN(C)CCO. The van der Waals surface area contributed by atoms with Crippen LogP contribution in [0.15, 0.2) is 0 Å². The van der Waals surface area contributed by atoms with Gasteiger partial charge in [-0.1, -0.05) is 0 Å². The summed E-state index contributed by atoms with van der Waals surface area (Å²) in [6.45, 7) is 2.26. The molecule has 0 saturated heterocycles. The summed E-state index contributed by atoms with van der Waals surface area (Å²) in [5.74, 6) is 0. The van der Waals surface area contributed by atoms with Gasteiger partial charge in [-0.05, 0) is 14.1 Å². The highest BCUT2D eigenvalue weighted by Crippen LogP contribution is 1.94. The maximum Gasteiger partial charge on any atom is 0.0900 e. The van der Waals surface area contributed by atoms with Gasteiger partial charge in [0.1, 0.15) is 0 Å². The minimum atomic E-state index is -0.640. The van der Waals surface area contributed by atoms with Crippen LogP contribution in [0.1, 0.15) is 0 Å². The highest BCUT2D eigenvalue weighted by atomic mass is 16.5. The molecule has 4 N–H and O–H groups in total. The van der Waals surface area contributed by atoms with Crippen LogP contribution >= 0.6 is 0 Å². The van der Waals surface area contributed by atoms with Gasteiger partial charge >= 0.3 is 0 Å². The Kier molecular flexibility index (Phi) is 11.4. The average molecular weight is 280 g/mol. The van der Waals surface area contributed by atoms with Gasteiger partial charge in [0, 0.05) is 26.2 Å². The summed E-state index contributed by atoms with van der Waals surface area (Å²) >= 11 is 0. The second-order valence-corrected chi connectivity index (χ2v) is 4.82. The number of hydrogen-bond donors (Lipinski definition) is 4. The fourth-order valence-electron chi connectivity index (χ4n) is 1.69. The topological polar surface area (TPSA) is 96.6 Å². The maximum absolute atomic E-state index is 9.65. The van der Waals surface area contributed by atoms with Crippen molar-refractivity contribution in [2.75, 3.05) is 66.7 Å². The fourth-order valence-corrected chi connectivity index (χ4v) is 1.69. The Bertz CT molecular complexity index is 189. The van der Waals surface area contributed by atoms with Crippen molar-refractivity contribution in [1.29, 1.82) is 0 Å². The van der Waals surface area contributed by atoms with Crippen LogP contribution < -0.4 is 0 Å². The zero-order chi connectivity index (χ0) is 14.7. The largest absolute Gasteiger partial charge is 0.395 e. The van der Waals surface area contributed by atoms with Crippen LogP contribution in [0.3, 0.4) is 0 Å². The zero-order valence-electron chi connectivity index (χ0n) is 11.9. The van der Waals surface area contributed by atoms with Gasteiger partial charge in [-0.25, -0.2) is 0 Å². The molecule has 116 valence electrons. The smallest absolute Gasteiger partial charge is 0.0900 e. The van der Waals surface area contributed by atoms with Crippen molar-refractivity contribution in [2.45, 2.75) is 12.2 Å². The minimum Gasteiger partial charge on any atom is -0.395 e. The summed E-state index contributed by atoms with van der Waals surface area (Å²) in [5.41, 5.74) is 0. The molecule has 0 saturated carbocycles. The summed E-state index contributed by atoms with van der Waals surface area (Å²) in [7, 11) is 3.61. The van der Waals surface area contributed by atoms with Gasteiger partial charge in [0.05, 0.1) is 38.6 Å². The third-order valence-corrected chi connectivity index (χ3v) is 2.63. The van der Waals surface area contributed by atoms with Crippen LogP contribution in [0, 0.1) is 0 Å². The number of hydrogen-bond acceptors (Lipinski definition) is 7. The standard InChI is InChI=1S/C12H28N2O5/c1-13(3-5-15)7-11(17)9-19-10-12(18)8-14(2)4-6-16/h11-12,15-18H,3-10H2,1-2H3. The van der Waals surface area contributed by atoms with Gasteiger partial charge in [0.25, 0.3) is 0 Å². The molecule has 0 aromatic rings. The third-order valence-electron chi connectivity index (χ3n) is 2.63. The zero-order valence-corrected chi connectivity index (χ0v) is 11.9. The van der Waals surface area contributed by atoms with Crippen molar-refractivity contribution in [3.63, 3.8) is 0 Å². The van der Waals surface area contributed by atoms with E-state index in [2.05, 4.69) is 0 Å². The summed E-state index contributed by atoms with van der Waals surface area (Å²) in [4.78, 5) is 3.61. The number of rotatable bonds is 12. The van der Waals surface area contributed by atoms with Crippen molar-refractivity contribution in [3.8, 4) is 0 Å². The van der Waals surface area contributed by atoms with E-state index in [0.717, 1.165) is 0 Å². The van der Waals surface area contributed by atoms with E-state index in [1.807, 2.05) is 0 Å². The first-order chi connectivity index (χ1) is 8.99. The van der Waals surface area contributed by atoms with Gasteiger partial charge < -0.3 is 35.0 Å². The Morgan fingerprint density at radius 3 is 1.53 bits per heavy atom. The van der Waals surface area contributed by atoms with Crippen molar-refractivity contribution in [2.24, 2.45) is 0 Å². The van der Waals surface area contributed by atoms with Crippen molar-refractivity contribution >= 4 is 0 Å². The molecule has 19 heavy (non-hydrogen) atoms. The number of aliphatic hydroxyl groups excluding tert-OH is 4. The lowest BCUT2D eigenvalue weighted by Gasteiger charge is -2.22. The van der Waals surface area contributed by atoms with E-state index in [0.29, 0.717) is 26.2 Å². The van der Waals surface area contributed by atoms with Crippen LogP contribution in [0.5, 0.6) is 0 Å². The van der Waals surface area contributed by atoms with E-state index >= 15 is 0 Å². The molecule has 0 amide bonds. The molecule has 0 aromatic carbocycles. The Balaban J connectivity index is 3.60. The van der Waals surface area contributed by atoms with Crippen LogP contribution in [-0.4, -0.2) is 109 Å². The average Bonchev–Trinajstić information content (AvgIpc) is 2.28. The monoisotopic (exact) mass is 280 g/mol. The summed E-state index contributed by atoms with van der Waals surface area (Å²) in [5, 5.41) is 36.7. The molecule has 0 heterocycles. The summed E-state index contributed by atoms with van der Waals surface area (Å²) in [6.07, 6.45) is -1.28. The molecule has 2 unspecified atom stereocenters. The van der Waals surface area contributed by atoms with Gasteiger partial charge in [-0.3, -0.25) is 0 Å². The van der Waals surface area contributed by atoms with E-state index < -0.39 is 12.2 Å². The first-order valence-electron chi connectivity index (χ1n) is 6.52. The fraction of sp³-hybridized carbons (Fsp3) is 1.00. The Morgan fingerprint density at radius 2 is 1.21 bits per heavy atom. The minimum absolute atomic E-state index is 0.0555. The number of aliphatic hydroxyl groups is 4. The summed E-state index contributed by atoms with van der Waals surface area (Å²) in [6, 6.07) is 0. The van der Waals surface area contributed by atoms with E-state index in [-0.39, 0.29) is 26.4 Å². The molecule has 0 spiro atoms. The highest BCUT2D eigenvalue weighted by Gasteiger charge is 2.11. The van der Waals surface area contributed by atoms with Gasteiger partial charge in [-0.15, -0.1) is 0 Å². The quantitative estimate of drug-likeness (QED) is 0.316.